The number of nitrogens with zero attached hydrogens (tertiary/aromatic N) is 1. The zero-order valence-corrected chi connectivity index (χ0v) is 8.90. The van der Waals surface area contributed by atoms with Crippen molar-refractivity contribution in [3.05, 3.63) is 58.4 Å². The van der Waals surface area contributed by atoms with E-state index in [-0.39, 0.29) is 5.56 Å². The molecule has 3 heteroatoms. The maximum absolute atomic E-state index is 11.9. The standard InChI is InChI=1S/C14H8N2O/c15-8-9-5-6-11-10-3-1-2-4-12(10)14(17)16-13(11)7-9/h1-7H,(H,16,17). The summed E-state index contributed by atoms with van der Waals surface area (Å²) in [5, 5.41) is 11.4. The first-order valence-electron chi connectivity index (χ1n) is 5.24. The highest BCUT2D eigenvalue weighted by Crippen LogP contribution is 2.21. The summed E-state index contributed by atoms with van der Waals surface area (Å²) < 4.78 is 0. The molecule has 0 spiro atoms. The number of H-pyrrole nitrogens is 1. The van der Waals surface area contributed by atoms with Crippen LogP contribution in [-0.4, -0.2) is 4.98 Å². The van der Waals surface area contributed by atoms with E-state index in [2.05, 4.69) is 11.1 Å². The average molecular weight is 220 g/mol. The van der Waals surface area contributed by atoms with Crippen LogP contribution >= 0.6 is 0 Å². The summed E-state index contributed by atoms with van der Waals surface area (Å²) in [6.07, 6.45) is 0. The lowest BCUT2D eigenvalue weighted by atomic mass is 10.1. The zero-order valence-electron chi connectivity index (χ0n) is 8.90. The van der Waals surface area contributed by atoms with Crippen LogP contribution < -0.4 is 5.56 Å². The van der Waals surface area contributed by atoms with Crippen molar-refractivity contribution in [2.75, 3.05) is 0 Å². The first-order valence-corrected chi connectivity index (χ1v) is 5.24. The first kappa shape index (κ1) is 9.61. The van der Waals surface area contributed by atoms with Crippen LogP contribution in [0.4, 0.5) is 0 Å². The molecule has 0 fully saturated rings. The summed E-state index contributed by atoms with van der Waals surface area (Å²) in [4.78, 5) is 14.7. The minimum Gasteiger partial charge on any atom is -0.321 e. The predicted molar refractivity (Wildman–Crippen MR) is 66.8 cm³/mol. The molecule has 80 valence electrons. The van der Waals surface area contributed by atoms with Crippen molar-refractivity contribution in [2.45, 2.75) is 0 Å². The number of pyridine rings is 1. The Labute approximate surface area is 96.9 Å². The molecule has 0 aliphatic carbocycles. The van der Waals surface area contributed by atoms with Gasteiger partial charge in [-0.3, -0.25) is 4.79 Å². The van der Waals surface area contributed by atoms with Gasteiger partial charge in [-0.25, -0.2) is 0 Å². The lowest BCUT2D eigenvalue weighted by Gasteiger charge is -2.03. The highest BCUT2D eigenvalue weighted by molar-refractivity contribution is 6.05. The lowest BCUT2D eigenvalue weighted by Crippen LogP contribution is -2.06. The van der Waals surface area contributed by atoms with Crippen molar-refractivity contribution in [3.8, 4) is 6.07 Å². The van der Waals surface area contributed by atoms with Crippen LogP contribution in [0.2, 0.25) is 0 Å². The highest BCUT2D eigenvalue weighted by Gasteiger charge is 2.04. The van der Waals surface area contributed by atoms with Gasteiger partial charge in [0.2, 0.25) is 0 Å². The van der Waals surface area contributed by atoms with E-state index in [4.69, 9.17) is 5.26 Å². The molecule has 1 aromatic heterocycles. The second-order valence-electron chi connectivity index (χ2n) is 3.87. The molecule has 0 aliphatic rings. The quantitative estimate of drug-likeness (QED) is 0.592. The molecule has 1 N–H and O–H groups in total. The van der Waals surface area contributed by atoms with Crippen molar-refractivity contribution >= 4 is 21.7 Å². The van der Waals surface area contributed by atoms with Crippen molar-refractivity contribution in [1.29, 1.82) is 5.26 Å². The van der Waals surface area contributed by atoms with Crippen LogP contribution in [0.3, 0.4) is 0 Å². The molecule has 17 heavy (non-hydrogen) atoms. The molecule has 3 aromatic rings. The van der Waals surface area contributed by atoms with Gasteiger partial charge in [0.25, 0.3) is 5.56 Å². The van der Waals surface area contributed by atoms with Crippen molar-refractivity contribution < 1.29 is 0 Å². The largest absolute Gasteiger partial charge is 0.321 e. The number of hydrogen-bond donors (Lipinski definition) is 1. The van der Waals surface area contributed by atoms with E-state index < -0.39 is 0 Å². The van der Waals surface area contributed by atoms with Gasteiger partial charge in [-0.2, -0.15) is 5.26 Å². The Morgan fingerprint density at radius 3 is 2.53 bits per heavy atom. The molecule has 0 radical (unpaired) electrons. The molecule has 0 aliphatic heterocycles. The van der Waals surface area contributed by atoms with Crippen molar-refractivity contribution in [2.24, 2.45) is 0 Å². The van der Waals surface area contributed by atoms with Gasteiger partial charge in [0.05, 0.1) is 17.1 Å². The predicted octanol–water partition coefficient (Wildman–Crippen LogP) is 2.55. The van der Waals surface area contributed by atoms with Crippen molar-refractivity contribution in [3.63, 3.8) is 0 Å². The summed E-state index contributed by atoms with van der Waals surface area (Å²) >= 11 is 0. The molecular weight excluding hydrogens is 212 g/mol. The molecule has 1 heterocycles. The van der Waals surface area contributed by atoms with Gasteiger partial charge >= 0.3 is 0 Å². The molecule has 3 nitrogen and oxygen atoms in total. The van der Waals surface area contributed by atoms with Gasteiger partial charge in [0, 0.05) is 10.8 Å². The summed E-state index contributed by atoms with van der Waals surface area (Å²) in [6, 6.07) is 14.8. The molecule has 0 atom stereocenters. The number of fused-ring (bicyclic) bond motifs is 3. The third kappa shape index (κ3) is 1.39. The van der Waals surface area contributed by atoms with Crippen molar-refractivity contribution in [1.82, 2.24) is 4.98 Å². The monoisotopic (exact) mass is 220 g/mol. The number of nitriles is 1. The Kier molecular flexibility index (Phi) is 1.96. The molecule has 3 rings (SSSR count). The maximum Gasteiger partial charge on any atom is 0.256 e. The van der Waals surface area contributed by atoms with E-state index in [1.807, 2.05) is 24.3 Å². The van der Waals surface area contributed by atoms with E-state index in [1.54, 1.807) is 18.2 Å². The normalized spacial score (nSPS) is 10.5. The van der Waals surface area contributed by atoms with Gasteiger partial charge in [-0.15, -0.1) is 0 Å². The Bertz CT molecular complexity index is 825. The van der Waals surface area contributed by atoms with Gasteiger partial charge in [-0.05, 0) is 23.6 Å². The van der Waals surface area contributed by atoms with Crippen LogP contribution in [0.15, 0.2) is 47.3 Å². The molecule has 0 bridgehead atoms. The molecule has 0 unspecified atom stereocenters. The zero-order chi connectivity index (χ0) is 11.8. The third-order valence-electron chi connectivity index (χ3n) is 2.86. The molecule has 0 saturated carbocycles. The minimum atomic E-state index is -0.122. The van der Waals surface area contributed by atoms with Gasteiger partial charge in [-0.1, -0.05) is 24.3 Å². The molecular formula is C14H8N2O. The summed E-state index contributed by atoms with van der Waals surface area (Å²) in [5.41, 5.74) is 1.12. The van der Waals surface area contributed by atoms with Crippen LogP contribution in [0.5, 0.6) is 0 Å². The molecule has 0 amide bonds. The van der Waals surface area contributed by atoms with Gasteiger partial charge < -0.3 is 4.98 Å². The Morgan fingerprint density at radius 1 is 1.00 bits per heavy atom. The number of aromatic nitrogens is 1. The van der Waals surface area contributed by atoms with E-state index in [0.29, 0.717) is 16.5 Å². The fraction of sp³-hybridized carbons (Fsp3) is 0. The fourth-order valence-electron chi connectivity index (χ4n) is 2.06. The fourth-order valence-corrected chi connectivity index (χ4v) is 2.06. The highest BCUT2D eigenvalue weighted by atomic mass is 16.1. The van der Waals surface area contributed by atoms with E-state index in [1.165, 1.54) is 0 Å². The topological polar surface area (TPSA) is 56.6 Å². The molecule has 2 aromatic carbocycles. The van der Waals surface area contributed by atoms with E-state index >= 15 is 0 Å². The van der Waals surface area contributed by atoms with E-state index in [0.717, 1.165) is 10.8 Å². The molecule has 0 saturated heterocycles. The van der Waals surface area contributed by atoms with Gasteiger partial charge in [0.15, 0.2) is 0 Å². The second-order valence-corrected chi connectivity index (χ2v) is 3.87. The Hall–Kier alpha value is -2.60. The number of benzene rings is 2. The smallest absolute Gasteiger partial charge is 0.256 e. The summed E-state index contributed by atoms with van der Waals surface area (Å²) in [7, 11) is 0. The summed E-state index contributed by atoms with van der Waals surface area (Å²) in [6.45, 7) is 0. The van der Waals surface area contributed by atoms with Crippen LogP contribution in [0.25, 0.3) is 21.7 Å². The Morgan fingerprint density at radius 2 is 1.76 bits per heavy atom. The SMILES string of the molecule is N#Cc1ccc2c(c1)[nH]c(=O)c1ccccc12. The van der Waals surface area contributed by atoms with Gasteiger partial charge in [0.1, 0.15) is 0 Å². The maximum atomic E-state index is 11.9. The average Bonchev–Trinajstić information content (AvgIpc) is 2.38. The van der Waals surface area contributed by atoms with Crippen LogP contribution in [0, 0.1) is 11.3 Å². The first-order chi connectivity index (χ1) is 8.29. The van der Waals surface area contributed by atoms with Crippen LogP contribution in [-0.2, 0) is 0 Å². The third-order valence-corrected chi connectivity index (χ3v) is 2.86. The second kappa shape index (κ2) is 3.46. The van der Waals surface area contributed by atoms with E-state index in [9.17, 15) is 4.79 Å². The number of rotatable bonds is 0. The minimum absolute atomic E-state index is 0.122. The lowest BCUT2D eigenvalue weighted by molar-refractivity contribution is 1.34. The Balaban J connectivity index is 2.58. The number of nitrogens with one attached hydrogen (secondary N) is 1. The number of hydrogen-bond acceptors (Lipinski definition) is 2. The summed E-state index contributed by atoms with van der Waals surface area (Å²) in [5.74, 6) is 0. The number of aromatic amines is 1. The van der Waals surface area contributed by atoms with Crippen LogP contribution in [0.1, 0.15) is 5.56 Å².